The second-order valence-corrected chi connectivity index (χ2v) is 9.62. The molecule has 0 aliphatic carbocycles. The second kappa shape index (κ2) is 12.0. The van der Waals surface area contributed by atoms with Crippen molar-refractivity contribution in [2.75, 3.05) is 13.1 Å². The number of rotatable bonds is 10. The van der Waals surface area contributed by atoms with Gasteiger partial charge in [-0.3, -0.25) is 14.5 Å². The molecule has 0 radical (unpaired) electrons. The van der Waals surface area contributed by atoms with Crippen LogP contribution < -0.4 is 0 Å². The van der Waals surface area contributed by atoms with Crippen LogP contribution in [0.3, 0.4) is 0 Å². The van der Waals surface area contributed by atoms with Gasteiger partial charge in [0, 0.05) is 26.1 Å². The molecule has 0 unspecified atom stereocenters. The van der Waals surface area contributed by atoms with E-state index in [2.05, 4.69) is 0 Å². The first-order valence-corrected chi connectivity index (χ1v) is 12.3. The van der Waals surface area contributed by atoms with Gasteiger partial charge in [-0.25, -0.2) is 0 Å². The van der Waals surface area contributed by atoms with Gasteiger partial charge in [-0.1, -0.05) is 90.6 Å². The van der Waals surface area contributed by atoms with Crippen LogP contribution in [0.4, 0.5) is 0 Å². The Hall–Kier alpha value is -2.44. The van der Waals surface area contributed by atoms with E-state index in [-0.39, 0.29) is 11.8 Å². The van der Waals surface area contributed by atoms with Crippen molar-refractivity contribution in [1.82, 2.24) is 9.80 Å². The highest BCUT2D eigenvalue weighted by Crippen LogP contribution is 2.32. The van der Waals surface area contributed by atoms with Crippen LogP contribution in [0.15, 0.2) is 59.5 Å². The van der Waals surface area contributed by atoms with Gasteiger partial charge >= 0.3 is 0 Å². The minimum atomic E-state index is -0.0170. The Labute approximate surface area is 200 Å². The lowest BCUT2D eigenvalue weighted by molar-refractivity contribution is -0.131. The zero-order valence-electron chi connectivity index (χ0n) is 18.8. The van der Waals surface area contributed by atoms with E-state index in [4.69, 9.17) is 12.2 Å². The molecule has 0 spiro atoms. The van der Waals surface area contributed by atoms with Crippen LogP contribution in [0.2, 0.25) is 0 Å². The van der Waals surface area contributed by atoms with E-state index in [1.807, 2.05) is 79.4 Å². The van der Waals surface area contributed by atoms with Crippen LogP contribution in [-0.2, 0) is 16.1 Å². The largest absolute Gasteiger partial charge is 0.339 e. The normalized spacial score (nSPS) is 14.9. The number of unbranched alkanes of at least 4 members (excludes halogenated alkanes) is 2. The van der Waals surface area contributed by atoms with Crippen molar-refractivity contribution < 1.29 is 9.59 Å². The summed E-state index contributed by atoms with van der Waals surface area (Å²) in [6.45, 7) is 6.02. The molecule has 1 saturated heterocycles. The Morgan fingerprint density at radius 1 is 1.06 bits per heavy atom. The highest BCUT2D eigenvalue weighted by atomic mass is 32.2. The number of hydrogen-bond donors (Lipinski definition) is 0. The van der Waals surface area contributed by atoms with Crippen molar-refractivity contribution in [1.29, 1.82) is 0 Å². The first-order valence-electron chi connectivity index (χ1n) is 11.1. The molecule has 4 nitrogen and oxygen atoms in total. The molecule has 1 fully saturated rings. The molecule has 0 atom stereocenters. The molecule has 6 heteroatoms. The summed E-state index contributed by atoms with van der Waals surface area (Å²) in [5.74, 6) is 0.166. The molecule has 1 aliphatic heterocycles. The van der Waals surface area contributed by atoms with Crippen LogP contribution in [0.5, 0.6) is 0 Å². The first-order chi connectivity index (χ1) is 15.5. The number of aryl methyl sites for hydroxylation is 1. The van der Waals surface area contributed by atoms with Gasteiger partial charge in [0.2, 0.25) is 5.91 Å². The van der Waals surface area contributed by atoms with Gasteiger partial charge in [0.15, 0.2) is 0 Å². The number of thioether (sulfide) groups is 1. The van der Waals surface area contributed by atoms with Crippen molar-refractivity contribution in [3.63, 3.8) is 0 Å². The van der Waals surface area contributed by atoms with Crippen molar-refractivity contribution in [3.05, 3.63) is 76.2 Å². The van der Waals surface area contributed by atoms with Crippen LogP contribution in [0, 0.1) is 6.92 Å². The molecule has 0 saturated carbocycles. The van der Waals surface area contributed by atoms with Gasteiger partial charge in [-0.05, 0) is 43.9 Å². The van der Waals surface area contributed by atoms with Gasteiger partial charge in [-0.15, -0.1) is 0 Å². The zero-order valence-corrected chi connectivity index (χ0v) is 20.4. The maximum atomic E-state index is 12.7. The Kier molecular flexibility index (Phi) is 9.06. The van der Waals surface area contributed by atoms with Crippen LogP contribution in [0.1, 0.15) is 49.3 Å². The Balaban J connectivity index is 1.42. The summed E-state index contributed by atoms with van der Waals surface area (Å²) in [5.41, 5.74) is 3.34. The lowest BCUT2D eigenvalue weighted by atomic mass is 10.1. The third-order valence-electron chi connectivity index (χ3n) is 5.47. The predicted molar refractivity (Wildman–Crippen MR) is 137 cm³/mol. The van der Waals surface area contributed by atoms with E-state index in [9.17, 15) is 9.59 Å². The summed E-state index contributed by atoms with van der Waals surface area (Å²) >= 11 is 6.80. The summed E-state index contributed by atoms with van der Waals surface area (Å²) in [4.78, 5) is 29.6. The van der Waals surface area contributed by atoms with Crippen molar-refractivity contribution >= 4 is 46.2 Å². The van der Waals surface area contributed by atoms with E-state index >= 15 is 0 Å². The fraction of sp³-hybridized carbons (Fsp3) is 0.346. The summed E-state index contributed by atoms with van der Waals surface area (Å²) in [6, 6.07) is 18.2. The Morgan fingerprint density at radius 2 is 1.78 bits per heavy atom. The van der Waals surface area contributed by atoms with Gasteiger partial charge in [0.25, 0.3) is 5.91 Å². The lowest BCUT2D eigenvalue weighted by Crippen LogP contribution is -2.30. The molecule has 32 heavy (non-hydrogen) atoms. The number of thiocarbonyl (C=S) groups is 1. The van der Waals surface area contributed by atoms with Gasteiger partial charge in [0.1, 0.15) is 4.32 Å². The van der Waals surface area contributed by atoms with E-state index in [1.54, 1.807) is 4.90 Å². The number of nitrogens with zero attached hydrogens (tertiary/aromatic N) is 2. The smallest absolute Gasteiger partial charge is 0.266 e. The lowest BCUT2D eigenvalue weighted by Gasteiger charge is -2.21. The second-order valence-electron chi connectivity index (χ2n) is 7.95. The van der Waals surface area contributed by atoms with Crippen LogP contribution in [-0.4, -0.2) is 39.0 Å². The summed E-state index contributed by atoms with van der Waals surface area (Å²) in [6.07, 6.45) is 4.99. The van der Waals surface area contributed by atoms with Crippen molar-refractivity contribution in [2.24, 2.45) is 0 Å². The molecule has 2 aromatic rings. The minimum Gasteiger partial charge on any atom is -0.339 e. The zero-order chi connectivity index (χ0) is 22.9. The molecule has 1 heterocycles. The average molecular weight is 467 g/mol. The van der Waals surface area contributed by atoms with Crippen LogP contribution >= 0.6 is 24.0 Å². The van der Waals surface area contributed by atoms with Crippen LogP contribution in [0.25, 0.3) is 6.08 Å². The number of amides is 2. The number of carbonyl (C=O) groups excluding carboxylic acids is 2. The molecule has 0 bridgehead atoms. The van der Waals surface area contributed by atoms with E-state index in [1.165, 1.54) is 17.3 Å². The highest BCUT2D eigenvalue weighted by Gasteiger charge is 2.31. The fourth-order valence-electron chi connectivity index (χ4n) is 3.57. The summed E-state index contributed by atoms with van der Waals surface area (Å²) in [5, 5.41) is 0. The fourth-order valence-corrected chi connectivity index (χ4v) is 4.88. The monoisotopic (exact) mass is 466 g/mol. The molecule has 3 rings (SSSR count). The first kappa shape index (κ1) is 24.2. The standard InChI is InChI=1S/C26H30N2O2S2/c1-3-27(19-22-10-6-4-7-11-22)24(29)12-8-5-9-17-28-25(30)23(32-26(28)31)18-21-15-13-20(2)14-16-21/h4,6-7,10-11,13-16,18H,3,5,8-9,12,17,19H2,1-2H3/b23-18-. The van der Waals surface area contributed by atoms with E-state index in [0.29, 0.717) is 35.3 Å². The number of carbonyl (C=O) groups is 2. The third-order valence-corrected chi connectivity index (χ3v) is 6.85. The number of benzene rings is 2. The molecule has 0 aromatic heterocycles. The maximum absolute atomic E-state index is 12.7. The van der Waals surface area contributed by atoms with Crippen molar-refractivity contribution in [3.8, 4) is 0 Å². The van der Waals surface area contributed by atoms with Gasteiger partial charge in [0.05, 0.1) is 4.91 Å². The Bertz CT molecular complexity index is 971. The molecule has 0 N–H and O–H groups in total. The average Bonchev–Trinajstić information content (AvgIpc) is 3.06. The molecular weight excluding hydrogens is 436 g/mol. The molecule has 168 valence electrons. The molecule has 2 amide bonds. The third kappa shape index (κ3) is 6.78. The quantitative estimate of drug-likeness (QED) is 0.252. The summed E-state index contributed by atoms with van der Waals surface area (Å²) < 4.78 is 0.615. The highest BCUT2D eigenvalue weighted by molar-refractivity contribution is 8.26. The van der Waals surface area contributed by atoms with Crippen molar-refractivity contribution in [2.45, 2.75) is 46.1 Å². The van der Waals surface area contributed by atoms with Gasteiger partial charge < -0.3 is 4.90 Å². The molecule has 2 aromatic carbocycles. The Morgan fingerprint density at radius 3 is 2.47 bits per heavy atom. The van der Waals surface area contributed by atoms with Gasteiger partial charge in [-0.2, -0.15) is 0 Å². The molecular formula is C26H30N2O2S2. The predicted octanol–water partition coefficient (Wildman–Crippen LogP) is 5.81. The minimum absolute atomic E-state index is 0.0170. The van der Waals surface area contributed by atoms with E-state index < -0.39 is 0 Å². The topological polar surface area (TPSA) is 40.6 Å². The summed E-state index contributed by atoms with van der Waals surface area (Å²) in [7, 11) is 0. The molecule has 1 aliphatic rings. The maximum Gasteiger partial charge on any atom is 0.266 e. The van der Waals surface area contributed by atoms with E-state index in [0.717, 1.165) is 30.4 Å². The SMILES string of the molecule is CCN(Cc1ccccc1)C(=O)CCCCCN1C(=O)/C(=C/c2ccc(C)cc2)SC1=S. The number of hydrogen-bond acceptors (Lipinski definition) is 4.